The third-order valence-electron chi connectivity index (χ3n) is 5.98. The normalized spacial score (nSPS) is 12.5. The number of amides is 1. The van der Waals surface area contributed by atoms with Crippen molar-refractivity contribution in [2.24, 2.45) is 7.05 Å². The fourth-order valence-corrected chi connectivity index (χ4v) is 5.62. The molecule has 6 heteroatoms. The zero-order valence-corrected chi connectivity index (χ0v) is 19.9. The van der Waals surface area contributed by atoms with Gasteiger partial charge in [0.25, 0.3) is 5.91 Å². The van der Waals surface area contributed by atoms with E-state index in [1.807, 2.05) is 67.7 Å². The number of anilines is 1. The van der Waals surface area contributed by atoms with E-state index in [9.17, 15) is 4.79 Å². The Morgan fingerprint density at radius 1 is 1.03 bits per heavy atom. The van der Waals surface area contributed by atoms with Crippen LogP contribution in [0.4, 0.5) is 5.69 Å². The number of rotatable bonds is 6. The van der Waals surface area contributed by atoms with Crippen molar-refractivity contribution >= 4 is 35.0 Å². The molecule has 1 amide bonds. The number of nitrogens with zero attached hydrogens (tertiary/aromatic N) is 2. The van der Waals surface area contributed by atoms with Gasteiger partial charge in [-0.15, -0.1) is 11.8 Å². The molecule has 3 aromatic carbocycles. The average molecular weight is 474 g/mol. The molecule has 33 heavy (non-hydrogen) atoms. The molecule has 0 bridgehead atoms. The lowest BCUT2D eigenvalue weighted by Gasteiger charge is -2.11. The zero-order valence-electron chi connectivity index (χ0n) is 18.3. The number of nitrogens with one attached hydrogen (secondary N) is 1. The summed E-state index contributed by atoms with van der Waals surface area (Å²) >= 11 is 8.19. The first-order valence-corrected chi connectivity index (χ1v) is 12.4. The van der Waals surface area contributed by atoms with Crippen LogP contribution in [0.2, 0.25) is 5.15 Å². The fourth-order valence-electron chi connectivity index (χ4n) is 4.28. The van der Waals surface area contributed by atoms with Gasteiger partial charge in [-0.05, 0) is 54.7 Å². The smallest absolute Gasteiger partial charge is 0.256 e. The number of carbonyl (C=O) groups is 1. The first-order valence-electron chi connectivity index (χ1n) is 11.0. The van der Waals surface area contributed by atoms with E-state index in [4.69, 9.17) is 11.6 Å². The fraction of sp³-hybridized carbons (Fsp3) is 0.185. The SMILES string of the molecule is Cn1nc(-c2ccccc2)c(CSc2ccccc2C(=O)Nc2ccc3c(c2)CCC3)c1Cl. The number of aromatic nitrogens is 2. The highest BCUT2D eigenvalue weighted by molar-refractivity contribution is 7.98. The van der Waals surface area contributed by atoms with Gasteiger partial charge in [-0.2, -0.15) is 5.10 Å². The van der Waals surface area contributed by atoms with Gasteiger partial charge in [-0.1, -0.05) is 60.1 Å². The molecule has 1 heterocycles. The molecule has 0 unspecified atom stereocenters. The largest absolute Gasteiger partial charge is 0.322 e. The lowest BCUT2D eigenvalue weighted by atomic mass is 10.1. The molecule has 5 rings (SSSR count). The highest BCUT2D eigenvalue weighted by Gasteiger charge is 2.19. The minimum absolute atomic E-state index is 0.100. The summed E-state index contributed by atoms with van der Waals surface area (Å²) in [7, 11) is 1.85. The van der Waals surface area contributed by atoms with E-state index in [1.165, 1.54) is 17.5 Å². The number of aryl methyl sites for hydroxylation is 3. The van der Waals surface area contributed by atoms with E-state index < -0.39 is 0 Å². The molecule has 1 aliphatic rings. The Morgan fingerprint density at radius 3 is 2.64 bits per heavy atom. The molecule has 0 spiro atoms. The Hall–Kier alpha value is -3.02. The summed E-state index contributed by atoms with van der Waals surface area (Å²) in [6.07, 6.45) is 3.40. The van der Waals surface area contributed by atoms with Gasteiger partial charge in [0.05, 0.1) is 11.3 Å². The van der Waals surface area contributed by atoms with Crippen LogP contribution in [0.25, 0.3) is 11.3 Å². The second kappa shape index (κ2) is 9.46. The molecule has 0 aliphatic heterocycles. The summed E-state index contributed by atoms with van der Waals surface area (Å²) in [5.41, 5.74) is 7.10. The summed E-state index contributed by atoms with van der Waals surface area (Å²) in [6, 6.07) is 24.0. The van der Waals surface area contributed by atoms with Crippen LogP contribution >= 0.6 is 23.4 Å². The lowest BCUT2D eigenvalue weighted by molar-refractivity contribution is 0.102. The second-order valence-corrected chi connectivity index (χ2v) is 9.56. The van der Waals surface area contributed by atoms with Gasteiger partial charge >= 0.3 is 0 Å². The number of hydrogen-bond acceptors (Lipinski definition) is 3. The van der Waals surface area contributed by atoms with Crippen molar-refractivity contribution in [3.8, 4) is 11.3 Å². The molecule has 4 nitrogen and oxygen atoms in total. The predicted octanol–water partition coefficient (Wildman–Crippen LogP) is 6.77. The Labute approximate surface area is 203 Å². The number of halogens is 1. The molecule has 0 fully saturated rings. The van der Waals surface area contributed by atoms with E-state index in [1.54, 1.807) is 16.4 Å². The average Bonchev–Trinajstić information content (AvgIpc) is 3.42. The van der Waals surface area contributed by atoms with E-state index in [0.29, 0.717) is 16.5 Å². The molecule has 0 atom stereocenters. The second-order valence-electron chi connectivity index (χ2n) is 8.18. The molecular formula is C27H24ClN3OS. The van der Waals surface area contributed by atoms with Gasteiger partial charge < -0.3 is 5.32 Å². The Bertz CT molecular complexity index is 1320. The van der Waals surface area contributed by atoms with Gasteiger partial charge in [0.15, 0.2) is 0 Å². The number of fused-ring (bicyclic) bond motifs is 1. The van der Waals surface area contributed by atoms with E-state index in [2.05, 4.69) is 22.5 Å². The van der Waals surface area contributed by atoms with Crippen molar-refractivity contribution in [3.63, 3.8) is 0 Å². The van der Waals surface area contributed by atoms with Gasteiger partial charge in [0.1, 0.15) is 5.15 Å². The summed E-state index contributed by atoms with van der Waals surface area (Å²) in [5, 5.41) is 8.32. The van der Waals surface area contributed by atoms with Crippen molar-refractivity contribution < 1.29 is 4.79 Å². The van der Waals surface area contributed by atoms with E-state index in [0.717, 1.165) is 40.2 Å². The first-order chi connectivity index (χ1) is 16.1. The van der Waals surface area contributed by atoms with E-state index >= 15 is 0 Å². The highest BCUT2D eigenvalue weighted by atomic mass is 35.5. The van der Waals surface area contributed by atoms with Crippen molar-refractivity contribution in [3.05, 3.63) is 100 Å². The minimum Gasteiger partial charge on any atom is -0.322 e. The molecule has 4 aromatic rings. The minimum atomic E-state index is -0.100. The molecule has 0 saturated carbocycles. The topological polar surface area (TPSA) is 46.9 Å². The van der Waals surface area contributed by atoms with Gasteiger partial charge in [0, 0.05) is 34.5 Å². The summed E-state index contributed by atoms with van der Waals surface area (Å²) < 4.78 is 1.70. The maximum absolute atomic E-state index is 13.1. The number of benzene rings is 3. The van der Waals surface area contributed by atoms with Crippen LogP contribution in [0.5, 0.6) is 0 Å². The number of carbonyl (C=O) groups excluding carboxylic acids is 1. The molecule has 1 N–H and O–H groups in total. The maximum Gasteiger partial charge on any atom is 0.256 e. The Kier molecular flexibility index (Phi) is 6.25. The van der Waals surface area contributed by atoms with Crippen LogP contribution < -0.4 is 5.32 Å². The predicted molar refractivity (Wildman–Crippen MR) is 136 cm³/mol. The van der Waals surface area contributed by atoms with E-state index in [-0.39, 0.29) is 5.91 Å². The third-order valence-corrected chi connectivity index (χ3v) is 7.55. The lowest BCUT2D eigenvalue weighted by Crippen LogP contribution is -2.13. The van der Waals surface area contributed by atoms with Crippen LogP contribution in [0.15, 0.2) is 77.7 Å². The number of hydrogen-bond donors (Lipinski definition) is 1. The van der Waals surface area contributed by atoms with Crippen LogP contribution in [-0.2, 0) is 25.6 Å². The standard InChI is InChI=1S/C27H24ClN3OS/c1-31-26(28)23(25(30-31)19-8-3-2-4-9-19)17-33-24-13-6-5-12-22(24)27(32)29-21-15-14-18-10-7-11-20(18)16-21/h2-6,8-9,12-16H,7,10-11,17H2,1H3,(H,29,32). The molecular weight excluding hydrogens is 450 g/mol. The van der Waals surface area contributed by atoms with Gasteiger partial charge in [-0.3, -0.25) is 9.48 Å². The van der Waals surface area contributed by atoms with Crippen LogP contribution in [0, 0.1) is 0 Å². The van der Waals surface area contributed by atoms with Crippen molar-refractivity contribution in [1.82, 2.24) is 9.78 Å². The molecule has 1 aromatic heterocycles. The molecule has 1 aliphatic carbocycles. The van der Waals surface area contributed by atoms with Crippen molar-refractivity contribution in [1.29, 1.82) is 0 Å². The Balaban J connectivity index is 1.37. The maximum atomic E-state index is 13.1. The summed E-state index contributed by atoms with van der Waals surface area (Å²) in [4.78, 5) is 14.1. The van der Waals surface area contributed by atoms with Gasteiger partial charge in [0.2, 0.25) is 0 Å². The van der Waals surface area contributed by atoms with Crippen LogP contribution in [-0.4, -0.2) is 15.7 Å². The highest BCUT2D eigenvalue weighted by Crippen LogP contribution is 2.35. The van der Waals surface area contributed by atoms with Crippen LogP contribution in [0.3, 0.4) is 0 Å². The van der Waals surface area contributed by atoms with Gasteiger partial charge in [-0.25, -0.2) is 0 Å². The van der Waals surface area contributed by atoms with Crippen molar-refractivity contribution in [2.75, 3.05) is 5.32 Å². The summed E-state index contributed by atoms with van der Waals surface area (Å²) in [6.45, 7) is 0. The molecule has 0 radical (unpaired) electrons. The zero-order chi connectivity index (χ0) is 22.8. The molecule has 0 saturated heterocycles. The van der Waals surface area contributed by atoms with Crippen molar-refractivity contribution in [2.45, 2.75) is 29.9 Å². The molecule has 166 valence electrons. The quantitative estimate of drug-likeness (QED) is 0.314. The third kappa shape index (κ3) is 4.56. The summed E-state index contributed by atoms with van der Waals surface area (Å²) in [5.74, 6) is 0.511. The monoisotopic (exact) mass is 473 g/mol. The first kappa shape index (κ1) is 21.8. The Morgan fingerprint density at radius 2 is 1.79 bits per heavy atom. The number of thioether (sulfide) groups is 1. The van der Waals surface area contributed by atoms with Crippen LogP contribution in [0.1, 0.15) is 33.5 Å².